The lowest BCUT2D eigenvalue weighted by atomic mass is 10.1. The minimum Gasteiger partial charge on any atom is -0.481 e. The Morgan fingerprint density at radius 3 is 2.74 bits per heavy atom. The number of thiophene rings is 1. The first-order valence-corrected chi connectivity index (χ1v) is 6.74. The fourth-order valence-corrected chi connectivity index (χ4v) is 2.57. The van der Waals surface area contributed by atoms with E-state index in [1.165, 1.54) is 11.3 Å². The largest absolute Gasteiger partial charge is 0.481 e. The van der Waals surface area contributed by atoms with Gasteiger partial charge in [-0.2, -0.15) is 0 Å². The van der Waals surface area contributed by atoms with Crippen LogP contribution in [0.4, 0.5) is 0 Å². The van der Waals surface area contributed by atoms with Crippen LogP contribution in [0.1, 0.15) is 28.9 Å². The number of carboxylic acids is 1. The van der Waals surface area contributed by atoms with E-state index in [2.05, 4.69) is 5.32 Å². The van der Waals surface area contributed by atoms with E-state index in [-0.39, 0.29) is 19.1 Å². The number of hydrogen-bond donors (Lipinski definition) is 3. The topological polar surface area (TPSA) is 82.7 Å². The third kappa shape index (κ3) is 3.92. The van der Waals surface area contributed by atoms with E-state index in [4.69, 9.17) is 14.6 Å². The quantitative estimate of drug-likeness (QED) is 0.724. The lowest BCUT2D eigenvalue weighted by Gasteiger charge is -2.14. The molecule has 0 aliphatic carbocycles. The predicted molar refractivity (Wildman–Crippen MR) is 70.8 cm³/mol. The smallest absolute Gasteiger partial charge is 0.305 e. The van der Waals surface area contributed by atoms with Crippen LogP contribution in [-0.2, 0) is 17.9 Å². The molecule has 0 aliphatic rings. The summed E-state index contributed by atoms with van der Waals surface area (Å²) in [5.74, 6) is 0.333. The Balaban J connectivity index is 1.98. The fourth-order valence-electron chi connectivity index (χ4n) is 1.76. The molecule has 0 fully saturated rings. The van der Waals surface area contributed by atoms with Crippen molar-refractivity contribution in [2.75, 3.05) is 0 Å². The first-order valence-electron chi connectivity index (χ1n) is 5.86. The van der Waals surface area contributed by atoms with Crippen LogP contribution in [0.25, 0.3) is 0 Å². The number of aliphatic hydroxyl groups excluding tert-OH is 1. The summed E-state index contributed by atoms with van der Waals surface area (Å²) >= 11 is 1.52. The number of aliphatic carboxylic acids is 1. The molecule has 0 radical (unpaired) electrons. The summed E-state index contributed by atoms with van der Waals surface area (Å²) in [4.78, 5) is 11.9. The molecular weight excluding hydrogens is 266 g/mol. The van der Waals surface area contributed by atoms with Crippen molar-refractivity contribution in [2.45, 2.75) is 25.6 Å². The molecule has 6 heteroatoms. The Hall–Kier alpha value is -1.63. The molecule has 0 aliphatic heterocycles. The first-order chi connectivity index (χ1) is 9.19. The molecule has 1 atom stereocenters. The molecule has 0 bridgehead atoms. The number of aliphatic hydroxyl groups is 1. The van der Waals surface area contributed by atoms with Crippen LogP contribution >= 0.6 is 11.3 Å². The van der Waals surface area contributed by atoms with Crippen LogP contribution in [-0.4, -0.2) is 16.2 Å². The summed E-state index contributed by atoms with van der Waals surface area (Å²) in [6.07, 6.45) is 0.0219. The highest BCUT2D eigenvalue weighted by Crippen LogP contribution is 2.22. The summed E-state index contributed by atoms with van der Waals surface area (Å²) in [5, 5.41) is 22.9. The van der Waals surface area contributed by atoms with Gasteiger partial charge in [-0.1, -0.05) is 6.07 Å². The number of furan rings is 1. The minimum atomic E-state index is -0.846. The molecular formula is C13H15NO4S. The normalized spacial score (nSPS) is 12.5. The van der Waals surface area contributed by atoms with Gasteiger partial charge in [-0.25, -0.2) is 0 Å². The van der Waals surface area contributed by atoms with Gasteiger partial charge in [0.05, 0.1) is 19.0 Å². The standard InChI is InChI=1S/C13H15NO4S/c15-8-10-4-3-9(18-10)7-14-11(6-13(16)17)12-2-1-5-19-12/h1-5,11,14-15H,6-8H2,(H,16,17). The number of nitrogens with one attached hydrogen (secondary N) is 1. The van der Waals surface area contributed by atoms with E-state index in [0.717, 1.165) is 4.88 Å². The summed E-state index contributed by atoms with van der Waals surface area (Å²) < 4.78 is 5.35. The van der Waals surface area contributed by atoms with E-state index in [1.807, 2.05) is 17.5 Å². The van der Waals surface area contributed by atoms with E-state index in [9.17, 15) is 4.79 Å². The zero-order valence-electron chi connectivity index (χ0n) is 10.2. The fraction of sp³-hybridized carbons (Fsp3) is 0.308. The van der Waals surface area contributed by atoms with Gasteiger partial charge < -0.3 is 19.9 Å². The van der Waals surface area contributed by atoms with Crippen LogP contribution in [0.3, 0.4) is 0 Å². The van der Waals surface area contributed by atoms with Gasteiger partial charge in [0.25, 0.3) is 0 Å². The van der Waals surface area contributed by atoms with Crippen molar-refractivity contribution in [2.24, 2.45) is 0 Å². The maximum absolute atomic E-state index is 10.9. The van der Waals surface area contributed by atoms with E-state index < -0.39 is 5.97 Å². The zero-order valence-corrected chi connectivity index (χ0v) is 11.0. The van der Waals surface area contributed by atoms with Crippen molar-refractivity contribution in [1.29, 1.82) is 0 Å². The molecule has 1 unspecified atom stereocenters. The first kappa shape index (κ1) is 13.8. The lowest BCUT2D eigenvalue weighted by molar-refractivity contribution is -0.137. The lowest BCUT2D eigenvalue weighted by Crippen LogP contribution is -2.22. The van der Waals surface area contributed by atoms with Gasteiger partial charge in [0.1, 0.15) is 18.1 Å². The molecule has 0 saturated carbocycles. The number of carboxylic acid groups (broad SMARTS) is 1. The Labute approximate surface area is 114 Å². The zero-order chi connectivity index (χ0) is 13.7. The second-order valence-corrected chi connectivity index (χ2v) is 5.05. The highest BCUT2D eigenvalue weighted by molar-refractivity contribution is 7.10. The number of rotatable bonds is 7. The van der Waals surface area contributed by atoms with Crippen molar-refractivity contribution < 1.29 is 19.4 Å². The maximum atomic E-state index is 10.9. The molecule has 0 spiro atoms. The van der Waals surface area contributed by atoms with Crippen LogP contribution < -0.4 is 5.32 Å². The number of hydrogen-bond acceptors (Lipinski definition) is 5. The molecule has 0 saturated heterocycles. The molecule has 0 aromatic carbocycles. The van der Waals surface area contributed by atoms with Gasteiger partial charge in [-0.15, -0.1) is 11.3 Å². The molecule has 2 rings (SSSR count). The summed E-state index contributed by atoms with van der Waals surface area (Å²) in [5.41, 5.74) is 0. The molecule has 3 N–H and O–H groups in total. The van der Waals surface area contributed by atoms with Crippen molar-refractivity contribution >= 4 is 17.3 Å². The van der Waals surface area contributed by atoms with Crippen LogP contribution in [0, 0.1) is 0 Å². The monoisotopic (exact) mass is 281 g/mol. The third-order valence-electron chi connectivity index (χ3n) is 2.66. The van der Waals surface area contributed by atoms with Crippen molar-refractivity contribution in [3.05, 3.63) is 46.0 Å². The van der Waals surface area contributed by atoms with E-state index >= 15 is 0 Å². The Bertz CT molecular complexity index is 520. The second kappa shape index (κ2) is 6.51. The molecule has 19 heavy (non-hydrogen) atoms. The molecule has 2 aromatic rings. The van der Waals surface area contributed by atoms with Crippen molar-refractivity contribution in [3.63, 3.8) is 0 Å². The molecule has 5 nitrogen and oxygen atoms in total. The van der Waals surface area contributed by atoms with Crippen LogP contribution in [0.2, 0.25) is 0 Å². The van der Waals surface area contributed by atoms with Gasteiger partial charge >= 0.3 is 5.97 Å². The summed E-state index contributed by atoms with van der Waals surface area (Å²) in [6, 6.07) is 7.04. The third-order valence-corrected chi connectivity index (χ3v) is 3.65. The Morgan fingerprint density at radius 2 is 2.16 bits per heavy atom. The van der Waals surface area contributed by atoms with Gasteiger partial charge in [-0.3, -0.25) is 4.79 Å². The SMILES string of the molecule is O=C(O)CC(NCc1ccc(CO)o1)c1cccs1. The predicted octanol–water partition coefficient (Wildman–Crippen LogP) is 2.14. The molecule has 2 aromatic heterocycles. The minimum absolute atomic E-state index is 0.0219. The van der Waals surface area contributed by atoms with Gasteiger partial charge in [-0.05, 0) is 23.6 Å². The molecule has 2 heterocycles. The van der Waals surface area contributed by atoms with E-state index in [1.54, 1.807) is 12.1 Å². The second-order valence-electron chi connectivity index (χ2n) is 4.07. The highest BCUT2D eigenvalue weighted by atomic mass is 32.1. The van der Waals surface area contributed by atoms with Crippen LogP contribution in [0.15, 0.2) is 34.1 Å². The molecule has 102 valence electrons. The van der Waals surface area contributed by atoms with Gasteiger partial charge in [0.2, 0.25) is 0 Å². The summed E-state index contributed by atoms with van der Waals surface area (Å²) in [7, 11) is 0. The maximum Gasteiger partial charge on any atom is 0.305 e. The van der Waals surface area contributed by atoms with Crippen molar-refractivity contribution in [1.82, 2.24) is 5.32 Å². The average Bonchev–Trinajstić information content (AvgIpc) is 3.05. The number of carbonyl (C=O) groups is 1. The van der Waals surface area contributed by atoms with Crippen molar-refractivity contribution in [3.8, 4) is 0 Å². The van der Waals surface area contributed by atoms with E-state index in [0.29, 0.717) is 18.1 Å². The van der Waals surface area contributed by atoms with Crippen LogP contribution in [0.5, 0.6) is 0 Å². The Morgan fingerprint density at radius 1 is 1.37 bits per heavy atom. The van der Waals surface area contributed by atoms with Gasteiger partial charge in [0.15, 0.2) is 0 Å². The molecule has 0 amide bonds. The summed E-state index contributed by atoms with van der Waals surface area (Å²) in [6.45, 7) is 0.291. The Kier molecular flexibility index (Phi) is 4.73. The van der Waals surface area contributed by atoms with Gasteiger partial charge in [0, 0.05) is 4.88 Å². The average molecular weight is 281 g/mol. The highest BCUT2D eigenvalue weighted by Gasteiger charge is 2.16.